The van der Waals surface area contributed by atoms with Gasteiger partial charge in [-0.15, -0.1) is 0 Å². The highest BCUT2D eigenvalue weighted by molar-refractivity contribution is 7.81. The highest BCUT2D eigenvalue weighted by Crippen LogP contribution is 2.25. The summed E-state index contributed by atoms with van der Waals surface area (Å²) < 4.78 is 71.1. The Morgan fingerprint density at radius 1 is 0.926 bits per heavy atom. The molecule has 9 heteroatoms. The maximum Gasteiger partial charge on any atom is 0.488 e. The van der Waals surface area contributed by atoms with Crippen LogP contribution in [-0.2, 0) is 17.1 Å². The number of pyridine rings is 1. The average Bonchev–Trinajstić information content (AvgIpc) is 2.62. The van der Waals surface area contributed by atoms with E-state index in [1.165, 1.54) is 18.3 Å². The summed E-state index contributed by atoms with van der Waals surface area (Å²) in [4.78, 5) is 4.04. The van der Waals surface area contributed by atoms with Crippen LogP contribution in [0.2, 0.25) is 0 Å². The minimum absolute atomic E-state index is 0.186. The van der Waals surface area contributed by atoms with Gasteiger partial charge in [0.25, 0.3) is 0 Å². The van der Waals surface area contributed by atoms with Gasteiger partial charge in [0.1, 0.15) is 29.7 Å². The third-order valence-electron chi connectivity index (χ3n) is 3.50. The molecule has 0 unspecified atom stereocenters. The molecule has 0 N–H and O–H groups in total. The van der Waals surface area contributed by atoms with Gasteiger partial charge >= 0.3 is 10.5 Å². The van der Waals surface area contributed by atoms with Crippen molar-refractivity contribution in [2.45, 2.75) is 6.61 Å². The van der Waals surface area contributed by atoms with Crippen LogP contribution in [0.15, 0.2) is 60.8 Å². The minimum atomic E-state index is -5.13. The number of aromatic nitrogens is 1. The summed E-state index contributed by atoms with van der Waals surface area (Å²) in [6, 6.07) is 12.2. The van der Waals surface area contributed by atoms with Crippen LogP contribution in [0.1, 0.15) is 5.56 Å². The van der Waals surface area contributed by atoms with E-state index in [-0.39, 0.29) is 17.1 Å². The van der Waals surface area contributed by atoms with Crippen molar-refractivity contribution >= 4 is 10.5 Å². The quantitative estimate of drug-likeness (QED) is 0.586. The number of rotatable bonds is 6. The van der Waals surface area contributed by atoms with Crippen LogP contribution in [0.3, 0.4) is 0 Å². The van der Waals surface area contributed by atoms with Crippen molar-refractivity contribution in [3.05, 3.63) is 78.0 Å². The second kappa shape index (κ2) is 7.67. The first kappa shape index (κ1) is 18.7. The van der Waals surface area contributed by atoms with Crippen LogP contribution >= 0.6 is 0 Å². The first-order valence-corrected chi connectivity index (χ1v) is 8.89. The first-order chi connectivity index (χ1) is 12.8. The molecule has 3 aromatic rings. The molecule has 0 aliphatic heterocycles. The van der Waals surface area contributed by atoms with Crippen molar-refractivity contribution in [1.82, 2.24) is 4.98 Å². The lowest BCUT2D eigenvalue weighted by atomic mass is 10.1. The van der Waals surface area contributed by atoms with E-state index in [1.54, 1.807) is 18.2 Å². The molecule has 0 bridgehead atoms. The zero-order chi connectivity index (χ0) is 19.4. The highest BCUT2D eigenvalue weighted by Gasteiger charge is 2.14. The normalized spacial score (nSPS) is 11.2. The van der Waals surface area contributed by atoms with Crippen molar-refractivity contribution in [2.75, 3.05) is 0 Å². The molecule has 140 valence electrons. The Bertz CT molecular complexity index is 1020. The predicted molar refractivity (Wildman–Crippen MR) is 91.0 cm³/mol. The van der Waals surface area contributed by atoms with Crippen LogP contribution in [0.5, 0.6) is 11.5 Å². The minimum Gasteiger partial charge on any atom is -0.489 e. The fraction of sp³-hybridized carbons (Fsp3) is 0.0556. The molecular weight excluding hydrogens is 383 g/mol. The van der Waals surface area contributed by atoms with Gasteiger partial charge in [-0.3, -0.25) is 4.98 Å². The van der Waals surface area contributed by atoms with Gasteiger partial charge in [-0.25, -0.2) is 8.78 Å². The van der Waals surface area contributed by atoms with E-state index in [4.69, 9.17) is 4.74 Å². The molecule has 1 aromatic heterocycles. The smallest absolute Gasteiger partial charge is 0.488 e. The number of hydrogen-bond acceptors (Lipinski definition) is 5. The lowest BCUT2D eigenvalue weighted by Crippen LogP contribution is -2.03. The number of nitrogens with zero attached hydrogens (tertiary/aromatic N) is 1. The van der Waals surface area contributed by atoms with Gasteiger partial charge in [0.15, 0.2) is 0 Å². The maximum atomic E-state index is 14.3. The second-order valence-electron chi connectivity index (χ2n) is 5.37. The van der Waals surface area contributed by atoms with E-state index in [9.17, 15) is 21.1 Å². The molecular formula is C18H12F3NO4S. The first-order valence-electron chi connectivity index (χ1n) is 7.58. The third-order valence-corrected chi connectivity index (χ3v) is 3.90. The monoisotopic (exact) mass is 395 g/mol. The fourth-order valence-corrected chi connectivity index (χ4v) is 2.63. The number of halogens is 3. The molecule has 27 heavy (non-hydrogen) atoms. The van der Waals surface area contributed by atoms with Crippen LogP contribution in [0, 0.1) is 11.6 Å². The molecule has 2 aromatic carbocycles. The molecule has 0 aliphatic rings. The molecule has 3 rings (SSSR count). The van der Waals surface area contributed by atoms with Crippen LogP contribution in [0.4, 0.5) is 12.7 Å². The topological polar surface area (TPSA) is 65.5 Å². The molecule has 5 nitrogen and oxygen atoms in total. The summed E-state index contributed by atoms with van der Waals surface area (Å²) in [7, 11) is -5.13. The van der Waals surface area contributed by atoms with Crippen LogP contribution in [0.25, 0.3) is 11.3 Å². The van der Waals surface area contributed by atoms with Gasteiger partial charge in [0, 0.05) is 11.8 Å². The number of benzene rings is 2. The summed E-state index contributed by atoms with van der Waals surface area (Å²) in [6.07, 6.45) is 1.52. The molecule has 1 heterocycles. The molecule has 0 atom stereocenters. The Hall–Kier alpha value is -3.07. The fourth-order valence-electron chi connectivity index (χ4n) is 2.28. The van der Waals surface area contributed by atoms with Crippen molar-refractivity contribution in [2.24, 2.45) is 0 Å². The van der Waals surface area contributed by atoms with E-state index >= 15 is 0 Å². The van der Waals surface area contributed by atoms with Gasteiger partial charge in [0.2, 0.25) is 0 Å². The van der Waals surface area contributed by atoms with E-state index in [1.807, 2.05) is 0 Å². The lowest BCUT2D eigenvalue weighted by molar-refractivity contribution is 0.292. The summed E-state index contributed by atoms with van der Waals surface area (Å²) in [5.41, 5.74) is 0.450. The summed E-state index contributed by atoms with van der Waals surface area (Å²) >= 11 is 0. The second-order valence-corrected chi connectivity index (χ2v) is 6.32. The van der Waals surface area contributed by atoms with Gasteiger partial charge in [-0.05, 0) is 48.5 Å². The van der Waals surface area contributed by atoms with Gasteiger partial charge in [-0.2, -0.15) is 8.42 Å². The van der Waals surface area contributed by atoms with E-state index < -0.39 is 28.7 Å². The average molecular weight is 395 g/mol. The van der Waals surface area contributed by atoms with Crippen LogP contribution < -0.4 is 8.92 Å². The Labute approximate surface area is 153 Å². The van der Waals surface area contributed by atoms with Crippen LogP contribution in [-0.4, -0.2) is 13.4 Å². The van der Waals surface area contributed by atoms with Gasteiger partial charge < -0.3 is 8.92 Å². The van der Waals surface area contributed by atoms with Gasteiger partial charge in [-0.1, -0.05) is 9.95 Å². The molecule has 0 saturated heterocycles. The molecule has 0 amide bonds. The standard InChI is InChI=1S/C18H12F3NO4S/c19-16-9-12(18-3-1-2-8-22-18)10-17(20)15(16)11-25-13-4-6-14(7-5-13)26-27(21,23)24/h1-10H,11H2. The van der Waals surface area contributed by atoms with Crippen molar-refractivity contribution in [3.63, 3.8) is 0 Å². The summed E-state index contributed by atoms with van der Waals surface area (Å²) in [5.74, 6) is -1.66. The lowest BCUT2D eigenvalue weighted by Gasteiger charge is -2.10. The zero-order valence-electron chi connectivity index (χ0n) is 13.6. The van der Waals surface area contributed by atoms with Crippen molar-refractivity contribution in [1.29, 1.82) is 0 Å². The molecule has 0 aliphatic carbocycles. The van der Waals surface area contributed by atoms with Crippen molar-refractivity contribution < 1.29 is 30.0 Å². The van der Waals surface area contributed by atoms with Crippen molar-refractivity contribution in [3.8, 4) is 22.8 Å². The molecule has 0 fully saturated rings. The van der Waals surface area contributed by atoms with E-state index in [2.05, 4.69) is 9.17 Å². The van der Waals surface area contributed by atoms with E-state index in [0.29, 0.717) is 11.3 Å². The molecule has 0 radical (unpaired) electrons. The Morgan fingerprint density at radius 3 is 2.11 bits per heavy atom. The highest BCUT2D eigenvalue weighted by atomic mass is 32.3. The van der Waals surface area contributed by atoms with Gasteiger partial charge in [0.05, 0.1) is 11.3 Å². The Kier molecular flexibility index (Phi) is 5.31. The SMILES string of the molecule is O=S(=O)(F)Oc1ccc(OCc2c(F)cc(-c3ccccn3)cc2F)cc1. The molecule has 0 saturated carbocycles. The number of ether oxygens (including phenoxy) is 1. The Morgan fingerprint density at radius 2 is 1.56 bits per heavy atom. The van der Waals surface area contributed by atoms with E-state index in [0.717, 1.165) is 24.3 Å². The zero-order valence-corrected chi connectivity index (χ0v) is 14.4. The number of hydrogen-bond donors (Lipinski definition) is 0. The maximum absolute atomic E-state index is 14.3. The third kappa shape index (κ3) is 4.98. The Balaban J connectivity index is 1.73. The molecule has 0 spiro atoms. The largest absolute Gasteiger partial charge is 0.489 e. The summed E-state index contributed by atoms with van der Waals surface area (Å²) in [6.45, 7) is -0.401. The summed E-state index contributed by atoms with van der Waals surface area (Å²) in [5, 5.41) is 0. The predicted octanol–water partition coefficient (Wildman–Crippen LogP) is 4.20.